The van der Waals surface area contributed by atoms with Gasteiger partial charge in [0.05, 0.1) is 5.71 Å². The summed E-state index contributed by atoms with van der Waals surface area (Å²) in [6.07, 6.45) is 0. The van der Waals surface area contributed by atoms with Crippen LogP contribution in [0.25, 0.3) is 75.5 Å². The largest absolute Gasteiger partial charge is 0.253 e. The number of nitrogens with zero attached hydrogens (tertiary/aromatic N) is 2. The molecule has 1 aromatic heterocycles. The van der Waals surface area contributed by atoms with Crippen molar-refractivity contribution in [2.24, 2.45) is 9.98 Å². The minimum Gasteiger partial charge on any atom is -0.253 e. The molecule has 9 aromatic carbocycles. The predicted octanol–water partition coefficient (Wildman–Crippen LogP) is 15.4. The summed E-state index contributed by atoms with van der Waals surface area (Å²) in [6, 6.07) is 75.6. The Morgan fingerprint density at radius 1 is 0.383 bits per heavy atom. The first-order valence-corrected chi connectivity index (χ1v) is 21.2. The maximum Gasteiger partial charge on any atom is 0.156 e. The molecule has 3 heteroatoms. The van der Waals surface area contributed by atoms with E-state index in [-0.39, 0.29) is 6.04 Å². The van der Waals surface area contributed by atoms with Crippen molar-refractivity contribution in [3.8, 4) is 44.5 Å². The maximum absolute atomic E-state index is 5.53. The van der Waals surface area contributed by atoms with Gasteiger partial charge in [-0.2, -0.15) is 0 Å². The third kappa shape index (κ3) is 6.46. The van der Waals surface area contributed by atoms with Crippen molar-refractivity contribution in [1.82, 2.24) is 0 Å². The summed E-state index contributed by atoms with van der Waals surface area (Å²) < 4.78 is 2.47. The van der Waals surface area contributed by atoms with Crippen LogP contribution < -0.4 is 0 Å². The van der Waals surface area contributed by atoms with Crippen LogP contribution >= 0.6 is 11.3 Å². The zero-order valence-corrected chi connectivity index (χ0v) is 33.6. The van der Waals surface area contributed by atoms with Crippen molar-refractivity contribution < 1.29 is 0 Å². The van der Waals surface area contributed by atoms with Gasteiger partial charge in [0.2, 0.25) is 0 Å². The summed E-state index contributed by atoms with van der Waals surface area (Å²) in [5.74, 6) is 0.714. The van der Waals surface area contributed by atoms with Gasteiger partial charge in [0.25, 0.3) is 0 Å². The Hall–Kier alpha value is -7.46. The standard InChI is InChI=1S/C57H38N2S/c1-37-55(46-26-14-23-42(33-46)39-18-7-3-8-19-39)58-57(59-56(37)47-27-15-24-43(34-47)40-20-9-4-10-21-40)50-36-53-54(49-29-12-11-28-48(49)50)51-35-45(30-31-52(51)60-53)44-25-13-22-41(32-44)38-16-5-2-6-17-38/h2-36,55H,1H2. The predicted molar refractivity (Wildman–Crippen MR) is 256 cm³/mol. The third-order valence-electron chi connectivity index (χ3n) is 11.7. The first-order chi connectivity index (χ1) is 29.6. The highest BCUT2D eigenvalue weighted by Gasteiger charge is 2.28. The number of thiophene rings is 1. The summed E-state index contributed by atoms with van der Waals surface area (Å²) >= 11 is 1.83. The van der Waals surface area contributed by atoms with Crippen LogP contribution in [0.3, 0.4) is 0 Å². The molecule has 0 radical (unpaired) electrons. The van der Waals surface area contributed by atoms with Crippen molar-refractivity contribution in [3.05, 3.63) is 241 Å². The molecule has 0 amide bonds. The van der Waals surface area contributed by atoms with E-state index in [0.29, 0.717) is 5.84 Å². The average Bonchev–Trinajstić information content (AvgIpc) is 3.70. The molecule has 0 spiro atoms. The number of rotatable bonds is 7. The SMILES string of the molecule is C=C1C(c2cccc(-c3ccccc3)c2)=NC(c2cc3sc4ccc(-c5cccc(-c6ccccc6)c5)cc4c3c3ccccc23)=NC1c1cccc(-c2ccccc2)c1. The summed E-state index contributed by atoms with van der Waals surface area (Å²) in [5.41, 5.74) is 14.3. The highest BCUT2D eigenvalue weighted by molar-refractivity contribution is 7.26. The normalized spacial score (nSPS) is 14.1. The Bertz CT molecular complexity index is 3320. The fraction of sp³-hybridized carbons (Fsp3) is 0.0175. The van der Waals surface area contributed by atoms with Crippen molar-refractivity contribution in [2.75, 3.05) is 0 Å². The van der Waals surface area contributed by atoms with E-state index >= 15 is 0 Å². The lowest BCUT2D eigenvalue weighted by atomic mass is 9.88. The molecule has 1 aliphatic rings. The number of hydrogen-bond acceptors (Lipinski definition) is 3. The highest BCUT2D eigenvalue weighted by Crippen LogP contribution is 2.43. The molecule has 2 heterocycles. The second kappa shape index (κ2) is 15.0. The summed E-state index contributed by atoms with van der Waals surface area (Å²) in [4.78, 5) is 11.0. The smallest absolute Gasteiger partial charge is 0.156 e. The van der Waals surface area contributed by atoms with Gasteiger partial charge in [-0.25, -0.2) is 4.99 Å². The zero-order valence-electron chi connectivity index (χ0n) is 32.8. The number of amidine groups is 1. The second-order valence-electron chi connectivity index (χ2n) is 15.4. The Morgan fingerprint density at radius 2 is 0.883 bits per heavy atom. The van der Waals surface area contributed by atoms with Crippen LogP contribution in [0, 0.1) is 0 Å². The topological polar surface area (TPSA) is 24.7 Å². The summed E-state index contributed by atoms with van der Waals surface area (Å²) in [6.45, 7) is 4.72. The van der Waals surface area contributed by atoms with E-state index in [1.807, 2.05) is 11.3 Å². The lowest BCUT2D eigenvalue weighted by Gasteiger charge is -2.25. The number of fused-ring (bicyclic) bond motifs is 5. The Labute approximate surface area is 353 Å². The molecule has 0 saturated carbocycles. The van der Waals surface area contributed by atoms with Gasteiger partial charge in [-0.3, -0.25) is 4.99 Å². The first kappa shape index (κ1) is 35.7. The first-order valence-electron chi connectivity index (χ1n) is 20.4. The van der Waals surface area contributed by atoms with Gasteiger partial charge < -0.3 is 0 Å². The average molecular weight is 783 g/mol. The van der Waals surface area contributed by atoms with E-state index in [2.05, 4.69) is 212 Å². The number of benzene rings is 9. The molecule has 11 rings (SSSR count). The molecule has 0 aliphatic carbocycles. The van der Waals surface area contributed by atoms with Crippen LogP contribution in [0.5, 0.6) is 0 Å². The van der Waals surface area contributed by atoms with Crippen LogP contribution in [0.1, 0.15) is 22.7 Å². The van der Waals surface area contributed by atoms with Crippen molar-refractivity contribution in [1.29, 1.82) is 0 Å². The van der Waals surface area contributed by atoms with Crippen molar-refractivity contribution in [3.63, 3.8) is 0 Å². The number of aliphatic imine (C=N–C) groups is 2. The van der Waals surface area contributed by atoms with Crippen LogP contribution in [0.4, 0.5) is 0 Å². The Kier molecular flexibility index (Phi) is 8.95. The minimum absolute atomic E-state index is 0.331. The van der Waals surface area contributed by atoms with Crippen LogP contribution in [0.2, 0.25) is 0 Å². The Morgan fingerprint density at radius 3 is 1.53 bits per heavy atom. The lowest BCUT2D eigenvalue weighted by molar-refractivity contribution is 0.875. The molecular weight excluding hydrogens is 745 g/mol. The highest BCUT2D eigenvalue weighted by atomic mass is 32.1. The molecule has 0 fully saturated rings. The molecule has 0 bridgehead atoms. The summed E-state index contributed by atoms with van der Waals surface area (Å²) in [5, 5.41) is 4.86. The zero-order chi connectivity index (χ0) is 40.0. The summed E-state index contributed by atoms with van der Waals surface area (Å²) in [7, 11) is 0. The van der Waals surface area contributed by atoms with E-state index < -0.39 is 0 Å². The van der Waals surface area contributed by atoms with Gasteiger partial charge >= 0.3 is 0 Å². The molecule has 1 aliphatic heterocycles. The van der Waals surface area contributed by atoms with Gasteiger partial charge in [-0.05, 0) is 97.2 Å². The van der Waals surface area contributed by atoms with E-state index in [0.717, 1.165) is 50.1 Å². The molecular formula is C57H38N2S. The molecule has 2 nitrogen and oxygen atoms in total. The van der Waals surface area contributed by atoms with Gasteiger partial charge in [0, 0.05) is 36.9 Å². The minimum atomic E-state index is -0.331. The molecule has 0 N–H and O–H groups in total. The van der Waals surface area contributed by atoms with E-state index in [9.17, 15) is 0 Å². The van der Waals surface area contributed by atoms with Crippen LogP contribution in [-0.2, 0) is 0 Å². The van der Waals surface area contributed by atoms with Crippen molar-refractivity contribution in [2.45, 2.75) is 6.04 Å². The van der Waals surface area contributed by atoms with E-state index in [1.165, 1.54) is 53.4 Å². The third-order valence-corrected chi connectivity index (χ3v) is 12.8. The van der Waals surface area contributed by atoms with E-state index in [1.54, 1.807) is 0 Å². The van der Waals surface area contributed by atoms with Gasteiger partial charge in [-0.15, -0.1) is 11.3 Å². The maximum atomic E-state index is 5.53. The fourth-order valence-electron chi connectivity index (χ4n) is 8.70. The number of hydrogen-bond donors (Lipinski definition) is 0. The van der Waals surface area contributed by atoms with Gasteiger partial charge in [0.1, 0.15) is 6.04 Å². The van der Waals surface area contributed by atoms with Crippen molar-refractivity contribution >= 4 is 53.8 Å². The fourth-order valence-corrected chi connectivity index (χ4v) is 9.84. The molecule has 0 saturated heterocycles. The molecule has 282 valence electrons. The van der Waals surface area contributed by atoms with Crippen LogP contribution in [0.15, 0.2) is 234 Å². The Balaban J connectivity index is 1.08. The van der Waals surface area contributed by atoms with E-state index in [4.69, 9.17) is 16.6 Å². The van der Waals surface area contributed by atoms with Gasteiger partial charge in [0.15, 0.2) is 5.84 Å². The van der Waals surface area contributed by atoms with Crippen LogP contribution in [-0.4, -0.2) is 11.5 Å². The second-order valence-corrected chi connectivity index (χ2v) is 16.5. The lowest BCUT2D eigenvalue weighted by Crippen LogP contribution is -2.20. The molecule has 1 unspecified atom stereocenters. The monoisotopic (exact) mass is 782 g/mol. The van der Waals surface area contributed by atoms with Gasteiger partial charge in [-0.1, -0.05) is 183 Å². The molecule has 1 atom stereocenters. The molecule has 60 heavy (non-hydrogen) atoms. The quantitative estimate of drug-likeness (QED) is 0.154. The molecule has 10 aromatic rings.